The topological polar surface area (TPSA) is 20.3 Å². The second-order valence-electron chi connectivity index (χ2n) is 5.46. The van der Waals surface area contributed by atoms with E-state index in [1.165, 1.54) is 0 Å². The molecule has 0 N–H and O–H groups in total. The normalized spacial score (nSPS) is 12.5. The Hall–Kier alpha value is -1.05. The number of carbonyl (C=O) groups excluding carboxylic acids is 1. The van der Waals surface area contributed by atoms with Crippen LogP contribution in [-0.4, -0.2) is 22.9 Å². The molecule has 0 aromatic carbocycles. The predicted molar refractivity (Wildman–Crippen MR) is 79.6 cm³/mol. The third kappa shape index (κ3) is 7.31. The summed E-state index contributed by atoms with van der Waals surface area (Å²) in [5, 5.41) is 0. The van der Waals surface area contributed by atoms with E-state index in [-0.39, 0.29) is 11.4 Å². The van der Waals surface area contributed by atoms with Crippen molar-refractivity contribution in [3.8, 4) is 0 Å². The Morgan fingerprint density at radius 1 is 1.00 bits per heavy atom. The standard InChI is InChI=1S/C16H29NO/c1-6-8-9-10-11-12-13-14-17(15(18)7-2)16(3,4)5/h8-9,12-13H,6-7,10-11,14H2,1-5H3. The van der Waals surface area contributed by atoms with Gasteiger partial charge in [0.2, 0.25) is 5.91 Å². The molecule has 0 heterocycles. The highest BCUT2D eigenvalue weighted by atomic mass is 16.2. The van der Waals surface area contributed by atoms with Gasteiger partial charge in [0.15, 0.2) is 0 Å². The predicted octanol–water partition coefficient (Wildman–Crippen LogP) is 4.33. The van der Waals surface area contributed by atoms with Crippen LogP contribution in [0.4, 0.5) is 0 Å². The van der Waals surface area contributed by atoms with Crippen LogP contribution < -0.4 is 0 Å². The fourth-order valence-corrected chi connectivity index (χ4v) is 1.72. The Morgan fingerprint density at radius 3 is 2.00 bits per heavy atom. The smallest absolute Gasteiger partial charge is 0.223 e. The molecule has 18 heavy (non-hydrogen) atoms. The molecular weight excluding hydrogens is 222 g/mol. The molecule has 0 aliphatic carbocycles. The van der Waals surface area contributed by atoms with Crippen LogP contribution >= 0.6 is 0 Å². The fourth-order valence-electron chi connectivity index (χ4n) is 1.72. The third-order valence-electron chi connectivity index (χ3n) is 2.77. The first-order valence-electron chi connectivity index (χ1n) is 7.03. The molecule has 0 atom stereocenters. The van der Waals surface area contributed by atoms with Gasteiger partial charge >= 0.3 is 0 Å². The van der Waals surface area contributed by atoms with Gasteiger partial charge < -0.3 is 4.90 Å². The van der Waals surface area contributed by atoms with Crippen LogP contribution in [0.5, 0.6) is 0 Å². The lowest BCUT2D eigenvalue weighted by Crippen LogP contribution is -2.45. The van der Waals surface area contributed by atoms with Crippen molar-refractivity contribution in [3.05, 3.63) is 24.3 Å². The number of hydrogen-bond donors (Lipinski definition) is 0. The van der Waals surface area contributed by atoms with E-state index >= 15 is 0 Å². The molecule has 0 aromatic rings. The van der Waals surface area contributed by atoms with E-state index in [2.05, 4.69) is 52.0 Å². The van der Waals surface area contributed by atoms with Gasteiger partial charge in [0.05, 0.1) is 0 Å². The summed E-state index contributed by atoms with van der Waals surface area (Å²) in [5.41, 5.74) is -0.0977. The van der Waals surface area contributed by atoms with E-state index in [1.807, 2.05) is 11.8 Å². The fraction of sp³-hybridized carbons (Fsp3) is 0.688. The Kier molecular flexibility index (Phi) is 8.43. The van der Waals surface area contributed by atoms with Crippen LogP contribution in [0.15, 0.2) is 24.3 Å². The summed E-state index contributed by atoms with van der Waals surface area (Å²) in [5.74, 6) is 0.220. The highest BCUT2D eigenvalue weighted by Crippen LogP contribution is 2.14. The van der Waals surface area contributed by atoms with Crippen LogP contribution in [0.1, 0.15) is 60.3 Å². The van der Waals surface area contributed by atoms with E-state index in [1.54, 1.807) is 0 Å². The summed E-state index contributed by atoms with van der Waals surface area (Å²) in [4.78, 5) is 13.8. The quantitative estimate of drug-likeness (QED) is 0.487. The zero-order chi connectivity index (χ0) is 14.0. The molecule has 0 aliphatic heterocycles. The zero-order valence-corrected chi connectivity index (χ0v) is 12.7. The highest BCUT2D eigenvalue weighted by molar-refractivity contribution is 5.76. The van der Waals surface area contributed by atoms with Crippen molar-refractivity contribution in [2.75, 3.05) is 6.54 Å². The van der Waals surface area contributed by atoms with E-state index < -0.39 is 0 Å². The lowest BCUT2D eigenvalue weighted by Gasteiger charge is -2.34. The third-order valence-corrected chi connectivity index (χ3v) is 2.77. The van der Waals surface area contributed by atoms with Gasteiger partial charge in [-0.3, -0.25) is 4.79 Å². The minimum atomic E-state index is -0.0977. The van der Waals surface area contributed by atoms with Crippen molar-refractivity contribution in [2.45, 2.75) is 65.8 Å². The summed E-state index contributed by atoms with van der Waals surface area (Å²) in [6.07, 6.45) is 12.5. The Balaban J connectivity index is 4.16. The number of hydrogen-bond acceptors (Lipinski definition) is 1. The SMILES string of the molecule is CCC=CCCC=CCN(C(=O)CC)C(C)(C)C. The van der Waals surface area contributed by atoms with Crippen LogP contribution in [-0.2, 0) is 4.79 Å². The maximum absolute atomic E-state index is 11.8. The largest absolute Gasteiger partial charge is 0.334 e. The molecule has 0 bridgehead atoms. The van der Waals surface area contributed by atoms with Crippen LogP contribution in [0.3, 0.4) is 0 Å². The summed E-state index contributed by atoms with van der Waals surface area (Å²) < 4.78 is 0. The summed E-state index contributed by atoms with van der Waals surface area (Å²) in [6, 6.07) is 0. The number of carbonyl (C=O) groups is 1. The maximum Gasteiger partial charge on any atom is 0.223 e. The first-order chi connectivity index (χ1) is 8.43. The molecule has 1 amide bonds. The first kappa shape index (κ1) is 16.9. The minimum Gasteiger partial charge on any atom is -0.334 e. The second kappa shape index (κ2) is 8.96. The van der Waals surface area contributed by atoms with Gasteiger partial charge in [0, 0.05) is 18.5 Å². The number of allylic oxidation sites excluding steroid dienone is 3. The Bertz CT molecular complexity index is 284. The monoisotopic (exact) mass is 251 g/mol. The minimum absolute atomic E-state index is 0.0977. The van der Waals surface area contributed by atoms with Crippen molar-refractivity contribution in [1.29, 1.82) is 0 Å². The van der Waals surface area contributed by atoms with E-state index in [9.17, 15) is 4.79 Å². The molecule has 2 heteroatoms. The molecule has 0 fully saturated rings. The average Bonchev–Trinajstić information content (AvgIpc) is 2.30. The molecule has 0 saturated heterocycles. The van der Waals surface area contributed by atoms with Gasteiger partial charge in [-0.15, -0.1) is 0 Å². The number of amides is 1. The van der Waals surface area contributed by atoms with Gasteiger partial charge in [0.1, 0.15) is 0 Å². The van der Waals surface area contributed by atoms with Gasteiger partial charge in [-0.2, -0.15) is 0 Å². The van der Waals surface area contributed by atoms with Crippen molar-refractivity contribution in [1.82, 2.24) is 4.90 Å². The van der Waals surface area contributed by atoms with Crippen LogP contribution in [0, 0.1) is 0 Å². The van der Waals surface area contributed by atoms with Crippen molar-refractivity contribution in [3.63, 3.8) is 0 Å². The Labute approximate surface area is 113 Å². The van der Waals surface area contributed by atoms with Crippen LogP contribution in [0.2, 0.25) is 0 Å². The summed E-state index contributed by atoms with van der Waals surface area (Å²) in [7, 11) is 0. The highest BCUT2D eigenvalue weighted by Gasteiger charge is 2.23. The Morgan fingerprint density at radius 2 is 1.56 bits per heavy atom. The molecule has 0 aromatic heterocycles. The lowest BCUT2D eigenvalue weighted by molar-refractivity contribution is -0.134. The van der Waals surface area contributed by atoms with Gasteiger partial charge in [-0.25, -0.2) is 0 Å². The van der Waals surface area contributed by atoms with Crippen LogP contribution in [0.25, 0.3) is 0 Å². The molecule has 0 spiro atoms. The molecule has 0 unspecified atom stereocenters. The molecule has 0 aliphatic rings. The molecule has 104 valence electrons. The average molecular weight is 251 g/mol. The summed E-state index contributed by atoms with van der Waals surface area (Å²) in [6.45, 7) is 11.0. The second-order valence-corrected chi connectivity index (χ2v) is 5.46. The van der Waals surface area contributed by atoms with Gasteiger partial charge in [-0.05, 0) is 40.0 Å². The molecule has 0 rings (SSSR count). The molecule has 2 nitrogen and oxygen atoms in total. The van der Waals surface area contributed by atoms with Gasteiger partial charge in [-0.1, -0.05) is 38.2 Å². The van der Waals surface area contributed by atoms with E-state index in [0.717, 1.165) is 19.3 Å². The van der Waals surface area contributed by atoms with Crippen molar-refractivity contribution >= 4 is 5.91 Å². The molecule has 0 radical (unpaired) electrons. The van der Waals surface area contributed by atoms with Crippen molar-refractivity contribution < 1.29 is 4.79 Å². The molecule has 0 saturated carbocycles. The van der Waals surface area contributed by atoms with E-state index in [0.29, 0.717) is 13.0 Å². The van der Waals surface area contributed by atoms with Gasteiger partial charge in [0.25, 0.3) is 0 Å². The van der Waals surface area contributed by atoms with Crippen molar-refractivity contribution in [2.24, 2.45) is 0 Å². The zero-order valence-electron chi connectivity index (χ0n) is 12.7. The molecular formula is C16H29NO. The first-order valence-corrected chi connectivity index (χ1v) is 7.03. The number of nitrogens with zero attached hydrogens (tertiary/aromatic N) is 1. The number of unbranched alkanes of at least 4 members (excludes halogenated alkanes) is 1. The maximum atomic E-state index is 11.8. The summed E-state index contributed by atoms with van der Waals surface area (Å²) >= 11 is 0. The lowest BCUT2D eigenvalue weighted by atomic mass is 10.1. The number of rotatable bonds is 7. The van der Waals surface area contributed by atoms with E-state index in [4.69, 9.17) is 0 Å².